The molecule has 0 aromatic heterocycles. The van der Waals surface area contributed by atoms with Crippen LogP contribution in [0.15, 0.2) is 53.4 Å². The highest BCUT2D eigenvalue weighted by molar-refractivity contribution is 7.99. The van der Waals surface area contributed by atoms with Gasteiger partial charge in [-0.25, -0.2) is 8.42 Å². The Morgan fingerprint density at radius 1 is 1.15 bits per heavy atom. The van der Waals surface area contributed by atoms with Crippen molar-refractivity contribution in [2.75, 3.05) is 19.1 Å². The van der Waals surface area contributed by atoms with E-state index in [1.165, 1.54) is 17.4 Å². The number of carbonyl (C=O) groups is 1. The summed E-state index contributed by atoms with van der Waals surface area (Å²) in [5.41, 5.74) is 3.35. The van der Waals surface area contributed by atoms with Crippen LogP contribution in [-0.2, 0) is 20.4 Å². The molecule has 0 spiro atoms. The summed E-state index contributed by atoms with van der Waals surface area (Å²) in [6.07, 6.45) is 1.19. The van der Waals surface area contributed by atoms with Crippen LogP contribution in [0.1, 0.15) is 29.7 Å². The molecule has 0 heterocycles. The summed E-state index contributed by atoms with van der Waals surface area (Å²) in [4.78, 5) is 14.4. The largest absolute Gasteiger partial charge is 0.338 e. The van der Waals surface area contributed by atoms with Gasteiger partial charge in [0.25, 0.3) is 0 Å². The topological polar surface area (TPSA) is 54.5 Å². The molecule has 0 saturated carbocycles. The molecule has 26 heavy (non-hydrogen) atoms. The highest BCUT2D eigenvalue weighted by Gasteiger charge is 2.18. The van der Waals surface area contributed by atoms with Crippen molar-refractivity contribution in [3.8, 4) is 0 Å². The Hall–Kier alpha value is -1.79. The number of amides is 1. The Morgan fingerprint density at radius 2 is 1.81 bits per heavy atom. The SMILES string of the molecule is Cc1cccc(CSCC(=O)N(C)C(C)c2ccc(S(C)(=O)=O)cc2)c1. The molecule has 1 atom stereocenters. The van der Waals surface area contributed by atoms with E-state index in [9.17, 15) is 13.2 Å². The Balaban J connectivity index is 1.92. The van der Waals surface area contributed by atoms with E-state index in [2.05, 4.69) is 25.1 Å². The van der Waals surface area contributed by atoms with Crippen LogP contribution in [0, 0.1) is 6.92 Å². The van der Waals surface area contributed by atoms with Crippen LogP contribution in [0.3, 0.4) is 0 Å². The third kappa shape index (κ3) is 5.61. The standard InChI is InChI=1S/C20H25NO3S2/c1-15-6-5-7-17(12-15)13-25-14-20(22)21(3)16(2)18-8-10-19(11-9-18)26(4,23)24/h5-12,16H,13-14H2,1-4H3. The Bertz CT molecular complexity index is 861. The van der Waals surface area contributed by atoms with Gasteiger partial charge in [0.15, 0.2) is 9.84 Å². The van der Waals surface area contributed by atoms with Gasteiger partial charge in [-0.2, -0.15) is 0 Å². The zero-order chi connectivity index (χ0) is 19.3. The average molecular weight is 392 g/mol. The molecule has 140 valence electrons. The maximum absolute atomic E-state index is 12.5. The quantitative estimate of drug-likeness (QED) is 0.719. The molecule has 0 aliphatic carbocycles. The second-order valence-electron chi connectivity index (χ2n) is 6.50. The third-order valence-electron chi connectivity index (χ3n) is 4.34. The number of carbonyl (C=O) groups excluding carboxylic acids is 1. The van der Waals surface area contributed by atoms with Crippen LogP contribution in [0.25, 0.3) is 0 Å². The minimum atomic E-state index is -3.21. The minimum Gasteiger partial charge on any atom is -0.338 e. The van der Waals surface area contributed by atoms with E-state index in [-0.39, 0.29) is 16.8 Å². The predicted octanol–water partition coefficient (Wildman–Crippen LogP) is 3.85. The van der Waals surface area contributed by atoms with Gasteiger partial charge in [0, 0.05) is 19.1 Å². The lowest BCUT2D eigenvalue weighted by molar-refractivity contribution is -0.128. The lowest BCUT2D eigenvalue weighted by Gasteiger charge is -2.25. The zero-order valence-corrected chi connectivity index (χ0v) is 17.2. The summed E-state index contributed by atoms with van der Waals surface area (Å²) in [6, 6.07) is 14.9. The molecular weight excluding hydrogens is 366 g/mol. The summed E-state index contributed by atoms with van der Waals surface area (Å²) in [6.45, 7) is 4.00. The van der Waals surface area contributed by atoms with Gasteiger partial charge in [-0.05, 0) is 37.1 Å². The maximum Gasteiger partial charge on any atom is 0.232 e. The first-order valence-corrected chi connectivity index (χ1v) is 11.4. The zero-order valence-electron chi connectivity index (χ0n) is 15.6. The number of hydrogen-bond donors (Lipinski definition) is 0. The second-order valence-corrected chi connectivity index (χ2v) is 9.51. The highest BCUT2D eigenvalue weighted by atomic mass is 32.2. The molecule has 0 fully saturated rings. The maximum atomic E-state index is 12.5. The van der Waals surface area contributed by atoms with Gasteiger partial charge >= 0.3 is 0 Å². The number of benzene rings is 2. The highest BCUT2D eigenvalue weighted by Crippen LogP contribution is 2.22. The van der Waals surface area contributed by atoms with E-state index in [1.54, 1.807) is 48.0 Å². The molecule has 2 rings (SSSR count). The van der Waals surface area contributed by atoms with E-state index in [1.807, 2.05) is 13.0 Å². The van der Waals surface area contributed by atoms with Crippen LogP contribution in [0.2, 0.25) is 0 Å². The Morgan fingerprint density at radius 3 is 2.38 bits per heavy atom. The molecule has 0 bridgehead atoms. The molecule has 4 nitrogen and oxygen atoms in total. The number of hydrogen-bond acceptors (Lipinski definition) is 4. The fraction of sp³-hybridized carbons (Fsp3) is 0.350. The minimum absolute atomic E-state index is 0.0577. The van der Waals surface area contributed by atoms with E-state index in [0.717, 1.165) is 11.3 Å². The van der Waals surface area contributed by atoms with Gasteiger partial charge in [0.1, 0.15) is 0 Å². The molecule has 1 unspecified atom stereocenters. The van der Waals surface area contributed by atoms with Gasteiger partial charge in [-0.15, -0.1) is 11.8 Å². The number of nitrogens with zero attached hydrogens (tertiary/aromatic N) is 1. The normalized spacial score (nSPS) is 12.6. The van der Waals surface area contributed by atoms with Crippen LogP contribution in [-0.4, -0.2) is 38.3 Å². The van der Waals surface area contributed by atoms with Crippen molar-refractivity contribution >= 4 is 27.5 Å². The molecule has 0 aliphatic rings. The molecular formula is C20H25NO3S2. The Labute approximate surface area is 160 Å². The molecule has 0 saturated heterocycles. The van der Waals surface area contributed by atoms with Crippen LogP contribution >= 0.6 is 11.8 Å². The van der Waals surface area contributed by atoms with Crippen LogP contribution in [0.4, 0.5) is 0 Å². The van der Waals surface area contributed by atoms with Gasteiger partial charge < -0.3 is 4.90 Å². The van der Waals surface area contributed by atoms with Gasteiger partial charge in [-0.1, -0.05) is 42.0 Å². The second kappa shape index (κ2) is 8.73. The predicted molar refractivity (Wildman–Crippen MR) is 108 cm³/mol. The molecule has 0 aliphatic heterocycles. The van der Waals surface area contributed by atoms with Crippen LogP contribution in [0.5, 0.6) is 0 Å². The average Bonchev–Trinajstić information content (AvgIpc) is 2.60. The summed E-state index contributed by atoms with van der Waals surface area (Å²) in [5.74, 6) is 1.27. The third-order valence-corrected chi connectivity index (χ3v) is 6.46. The summed E-state index contributed by atoms with van der Waals surface area (Å²) in [5, 5.41) is 0. The summed E-state index contributed by atoms with van der Waals surface area (Å²) < 4.78 is 23.1. The fourth-order valence-corrected chi connectivity index (χ4v) is 4.12. The first-order valence-electron chi connectivity index (χ1n) is 8.37. The van der Waals surface area contributed by atoms with Crippen molar-refractivity contribution in [2.45, 2.75) is 30.5 Å². The van der Waals surface area contributed by atoms with Crippen molar-refractivity contribution < 1.29 is 13.2 Å². The van der Waals surface area contributed by atoms with Gasteiger partial charge in [0.05, 0.1) is 16.7 Å². The monoisotopic (exact) mass is 391 g/mol. The first kappa shape index (κ1) is 20.5. The molecule has 1 amide bonds. The van der Waals surface area contributed by atoms with E-state index in [0.29, 0.717) is 5.75 Å². The van der Waals surface area contributed by atoms with E-state index in [4.69, 9.17) is 0 Å². The lowest BCUT2D eigenvalue weighted by atomic mass is 10.1. The molecule has 0 N–H and O–H groups in total. The summed E-state index contributed by atoms with van der Waals surface area (Å²) >= 11 is 1.60. The number of aryl methyl sites for hydroxylation is 1. The number of sulfone groups is 1. The van der Waals surface area contributed by atoms with E-state index >= 15 is 0 Å². The van der Waals surface area contributed by atoms with Crippen LogP contribution < -0.4 is 0 Å². The van der Waals surface area contributed by atoms with Crippen molar-refractivity contribution in [1.82, 2.24) is 4.90 Å². The molecule has 6 heteroatoms. The van der Waals surface area contributed by atoms with Crippen molar-refractivity contribution in [1.29, 1.82) is 0 Å². The first-order chi connectivity index (χ1) is 12.2. The van der Waals surface area contributed by atoms with Gasteiger partial charge in [0.2, 0.25) is 5.91 Å². The van der Waals surface area contributed by atoms with Crippen molar-refractivity contribution in [3.63, 3.8) is 0 Å². The fourth-order valence-electron chi connectivity index (χ4n) is 2.59. The summed E-state index contributed by atoms with van der Waals surface area (Å²) in [7, 11) is -1.42. The Kier molecular flexibility index (Phi) is 6.89. The van der Waals surface area contributed by atoms with E-state index < -0.39 is 9.84 Å². The molecule has 2 aromatic carbocycles. The van der Waals surface area contributed by atoms with Crippen molar-refractivity contribution in [3.05, 3.63) is 65.2 Å². The number of rotatable bonds is 7. The smallest absolute Gasteiger partial charge is 0.232 e. The number of thioether (sulfide) groups is 1. The lowest BCUT2D eigenvalue weighted by Crippen LogP contribution is -2.31. The molecule has 0 radical (unpaired) electrons. The molecule has 2 aromatic rings. The van der Waals surface area contributed by atoms with Gasteiger partial charge in [-0.3, -0.25) is 4.79 Å². The van der Waals surface area contributed by atoms with Crippen molar-refractivity contribution in [2.24, 2.45) is 0 Å².